The quantitative estimate of drug-likeness (QED) is 0.269. The standard InChI is InChI=1S/C27H20ClFN2O6/c1-2-36-26(34)18-6-10-20(11-7-18)31-25(33)21(24(32)30-27(31)35)13-17-5-12-23(22(28)14-17)37-15-16-3-8-19(29)9-4-16/h3-14H,2,15H2,1H3,(H,30,32,35)/b21-13+. The van der Waals surface area contributed by atoms with Gasteiger partial charge in [0.2, 0.25) is 0 Å². The van der Waals surface area contributed by atoms with Gasteiger partial charge in [-0.15, -0.1) is 0 Å². The summed E-state index contributed by atoms with van der Waals surface area (Å²) in [5.41, 5.74) is 1.29. The second-order valence-electron chi connectivity index (χ2n) is 7.83. The molecule has 1 N–H and O–H groups in total. The molecule has 188 valence electrons. The van der Waals surface area contributed by atoms with Crippen molar-refractivity contribution in [1.29, 1.82) is 0 Å². The summed E-state index contributed by atoms with van der Waals surface area (Å²) in [4.78, 5) is 50.7. The van der Waals surface area contributed by atoms with Gasteiger partial charge in [-0.3, -0.25) is 14.9 Å². The number of benzene rings is 3. The van der Waals surface area contributed by atoms with Gasteiger partial charge in [0.1, 0.15) is 23.7 Å². The SMILES string of the molecule is CCOC(=O)c1ccc(N2C(=O)NC(=O)/C(=C\c3ccc(OCc4ccc(F)cc4)c(Cl)c3)C2=O)cc1. The number of hydrogen-bond acceptors (Lipinski definition) is 6. The molecular weight excluding hydrogens is 503 g/mol. The van der Waals surface area contributed by atoms with Crippen molar-refractivity contribution in [2.45, 2.75) is 13.5 Å². The second kappa shape index (κ2) is 11.0. The van der Waals surface area contributed by atoms with E-state index in [2.05, 4.69) is 5.32 Å². The summed E-state index contributed by atoms with van der Waals surface area (Å²) in [7, 11) is 0. The second-order valence-corrected chi connectivity index (χ2v) is 8.24. The summed E-state index contributed by atoms with van der Waals surface area (Å²) in [5.74, 6) is -2.24. The molecule has 0 aliphatic carbocycles. The molecule has 3 aromatic carbocycles. The summed E-state index contributed by atoms with van der Waals surface area (Å²) < 4.78 is 23.7. The highest BCUT2D eigenvalue weighted by atomic mass is 35.5. The topological polar surface area (TPSA) is 102 Å². The number of imide groups is 2. The Hall–Kier alpha value is -4.50. The van der Waals surface area contributed by atoms with Crippen molar-refractivity contribution < 1.29 is 33.0 Å². The number of halogens is 2. The Kier molecular flexibility index (Phi) is 7.64. The predicted octanol–water partition coefficient (Wildman–Crippen LogP) is 4.90. The molecule has 0 bridgehead atoms. The minimum Gasteiger partial charge on any atom is -0.487 e. The van der Waals surface area contributed by atoms with E-state index in [-0.39, 0.29) is 40.9 Å². The number of urea groups is 1. The number of carbonyl (C=O) groups is 4. The normalized spacial score (nSPS) is 14.5. The van der Waals surface area contributed by atoms with Crippen molar-refractivity contribution in [3.05, 3.63) is 99.8 Å². The van der Waals surface area contributed by atoms with Crippen LogP contribution in [-0.4, -0.2) is 30.4 Å². The molecule has 4 amide bonds. The van der Waals surface area contributed by atoms with Gasteiger partial charge in [0.15, 0.2) is 0 Å². The average molecular weight is 523 g/mol. The van der Waals surface area contributed by atoms with E-state index in [0.717, 1.165) is 10.5 Å². The van der Waals surface area contributed by atoms with Crippen LogP contribution in [0.15, 0.2) is 72.3 Å². The van der Waals surface area contributed by atoms with Crippen LogP contribution in [0.4, 0.5) is 14.9 Å². The molecule has 3 aromatic rings. The fourth-order valence-corrected chi connectivity index (χ4v) is 3.73. The largest absolute Gasteiger partial charge is 0.487 e. The maximum Gasteiger partial charge on any atom is 0.338 e. The highest BCUT2D eigenvalue weighted by Crippen LogP contribution is 2.28. The van der Waals surface area contributed by atoms with E-state index in [0.29, 0.717) is 11.3 Å². The fraction of sp³-hybridized carbons (Fsp3) is 0.111. The van der Waals surface area contributed by atoms with Crippen LogP contribution in [0.1, 0.15) is 28.4 Å². The van der Waals surface area contributed by atoms with E-state index < -0.39 is 23.8 Å². The van der Waals surface area contributed by atoms with E-state index in [9.17, 15) is 23.6 Å². The van der Waals surface area contributed by atoms with Crippen molar-refractivity contribution in [1.82, 2.24) is 5.32 Å². The lowest BCUT2D eigenvalue weighted by Crippen LogP contribution is -2.54. The summed E-state index contributed by atoms with van der Waals surface area (Å²) in [5, 5.41) is 2.36. The molecule has 1 saturated heterocycles. The number of hydrogen-bond donors (Lipinski definition) is 1. The zero-order valence-corrected chi connectivity index (χ0v) is 20.3. The number of ether oxygens (including phenoxy) is 2. The highest BCUT2D eigenvalue weighted by Gasteiger charge is 2.36. The third kappa shape index (κ3) is 5.84. The van der Waals surface area contributed by atoms with Crippen LogP contribution >= 0.6 is 11.6 Å². The molecule has 10 heteroatoms. The van der Waals surface area contributed by atoms with Gasteiger partial charge >= 0.3 is 12.0 Å². The third-order valence-corrected chi connectivity index (χ3v) is 5.61. The molecule has 0 spiro atoms. The van der Waals surface area contributed by atoms with E-state index in [1.807, 2.05) is 0 Å². The molecular formula is C27H20ClFN2O6. The molecule has 1 aliphatic heterocycles. The van der Waals surface area contributed by atoms with Crippen LogP contribution in [0.3, 0.4) is 0 Å². The Bertz CT molecular complexity index is 1400. The number of amides is 4. The number of nitrogens with zero attached hydrogens (tertiary/aromatic N) is 1. The molecule has 4 rings (SSSR count). The van der Waals surface area contributed by atoms with Crippen LogP contribution in [0.2, 0.25) is 5.02 Å². The van der Waals surface area contributed by atoms with E-state index >= 15 is 0 Å². The summed E-state index contributed by atoms with van der Waals surface area (Å²) in [6.45, 7) is 2.04. The van der Waals surface area contributed by atoms with Crippen molar-refractivity contribution in [2.24, 2.45) is 0 Å². The van der Waals surface area contributed by atoms with Gasteiger partial charge in [-0.2, -0.15) is 0 Å². The van der Waals surface area contributed by atoms with Gasteiger partial charge in [0.25, 0.3) is 11.8 Å². The number of esters is 1. The van der Waals surface area contributed by atoms with Crippen molar-refractivity contribution in [3.63, 3.8) is 0 Å². The molecule has 1 aliphatic rings. The highest BCUT2D eigenvalue weighted by molar-refractivity contribution is 6.39. The number of nitrogens with one attached hydrogen (secondary N) is 1. The smallest absolute Gasteiger partial charge is 0.338 e. The number of rotatable bonds is 7. The van der Waals surface area contributed by atoms with Crippen LogP contribution in [-0.2, 0) is 20.9 Å². The summed E-state index contributed by atoms with van der Waals surface area (Å²) in [6, 6.07) is 15.2. The zero-order chi connectivity index (χ0) is 26.5. The molecule has 0 unspecified atom stereocenters. The van der Waals surface area contributed by atoms with Crippen molar-refractivity contribution in [2.75, 3.05) is 11.5 Å². The van der Waals surface area contributed by atoms with Crippen LogP contribution < -0.4 is 15.0 Å². The number of anilines is 1. The molecule has 8 nitrogen and oxygen atoms in total. The lowest BCUT2D eigenvalue weighted by atomic mass is 10.1. The van der Waals surface area contributed by atoms with Gasteiger partial charge in [0.05, 0.1) is 22.9 Å². The first-order chi connectivity index (χ1) is 17.8. The number of carbonyl (C=O) groups excluding carboxylic acids is 4. The van der Waals surface area contributed by atoms with E-state index in [4.69, 9.17) is 21.1 Å². The zero-order valence-electron chi connectivity index (χ0n) is 19.5. The first kappa shape index (κ1) is 25.6. The van der Waals surface area contributed by atoms with E-state index in [1.54, 1.807) is 31.2 Å². The summed E-state index contributed by atoms with van der Waals surface area (Å²) in [6.07, 6.45) is 1.31. The van der Waals surface area contributed by atoms with Gasteiger partial charge in [0, 0.05) is 0 Å². The molecule has 1 fully saturated rings. The minimum absolute atomic E-state index is 0.160. The lowest BCUT2D eigenvalue weighted by molar-refractivity contribution is -0.122. The first-order valence-electron chi connectivity index (χ1n) is 11.1. The monoisotopic (exact) mass is 522 g/mol. The predicted molar refractivity (Wildman–Crippen MR) is 134 cm³/mol. The number of barbiturate groups is 1. The Morgan fingerprint density at radius 2 is 1.73 bits per heavy atom. The Morgan fingerprint density at radius 3 is 2.38 bits per heavy atom. The molecule has 0 radical (unpaired) electrons. The average Bonchev–Trinajstić information content (AvgIpc) is 2.87. The minimum atomic E-state index is -0.918. The summed E-state index contributed by atoms with van der Waals surface area (Å²) >= 11 is 6.32. The first-order valence-corrected chi connectivity index (χ1v) is 11.5. The molecule has 37 heavy (non-hydrogen) atoms. The van der Waals surface area contributed by atoms with Gasteiger partial charge in [-0.05, 0) is 72.7 Å². The van der Waals surface area contributed by atoms with Gasteiger partial charge < -0.3 is 9.47 Å². The van der Waals surface area contributed by atoms with Crippen LogP contribution in [0.25, 0.3) is 6.08 Å². The Morgan fingerprint density at radius 1 is 1.03 bits per heavy atom. The maximum absolute atomic E-state index is 13.1. The Labute approximate surface area is 216 Å². The van der Waals surface area contributed by atoms with Crippen molar-refractivity contribution >= 4 is 47.2 Å². The van der Waals surface area contributed by atoms with Crippen LogP contribution in [0, 0.1) is 5.82 Å². The van der Waals surface area contributed by atoms with Crippen LogP contribution in [0.5, 0.6) is 5.75 Å². The molecule has 0 atom stereocenters. The van der Waals surface area contributed by atoms with E-state index in [1.165, 1.54) is 48.5 Å². The van der Waals surface area contributed by atoms with Crippen molar-refractivity contribution in [3.8, 4) is 5.75 Å². The molecule has 0 aromatic heterocycles. The fourth-order valence-electron chi connectivity index (χ4n) is 3.49. The third-order valence-electron chi connectivity index (χ3n) is 5.31. The van der Waals surface area contributed by atoms with Gasteiger partial charge in [-0.25, -0.2) is 18.9 Å². The molecule has 0 saturated carbocycles. The van der Waals surface area contributed by atoms with Gasteiger partial charge in [-0.1, -0.05) is 29.8 Å². The molecule has 1 heterocycles. The Balaban J connectivity index is 1.53. The lowest BCUT2D eigenvalue weighted by Gasteiger charge is -2.26. The maximum atomic E-state index is 13.1.